The first-order valence-electron chi connectivity index (χ1n) is 5.88. The van der Waals surface area contributed by atoms with E-state index < -0.39 is 0 Å². The maximum Gasteiger partial charge on any atom is 0.0635 e. The molecule has 0 aromatic heterocycles. The van der Waals surface area contributed by atoms with Gasteiger partial charge < -0.3 is 5.32 Å². The Morgan fingerprint density at radius 3 is 2.94 bits per heavy atom. The molecule has 1 aromatic rings. The third-order valence-electron chi connectivity index (χ3n) is 2.68. The number of nitrogens with one attached hydrogen (secondary N) is 1. The van der Waals surface area contributed by atoms with Crippen molar-refractivity contribution in [3.05, 3.63) is 35.4 Å². The fourth-order valence-electron chi connectivity index (χ4n) is 1.73. The van der Waals surface area contributed by atoms with E-state index in [1.807, 2.05) is 0 Å². The molecular formula is C14H20N2. The molecule has 2 heteroatoms. The molecule has 0 aliphatic carbocycles. The molecule has 1 rings (SSSR count). The second-order valence-corrected chi connectivity index (χ2v) is 4.29. The zero-order chi connectivity index (χ0) is 11.8. The van der Waals surface area contributed by atoms with Gasteiger partial charge in [-0.25, -0.2) is 0 Å². The summed E-state index contributed by atoms with van der Waals surface area (Å²) in [6.45, 7) is 5.09. The highest BCUT2D eigenvalue weighted by Gasteiger charge is 2.01. The first kappa shape index (κ1) is 12.7. The minimum absolute atomic E-state index is 0.480. The quantitative estimate of drug-likeness (QED) is 0.742. The van der Waals surface area contributed by atoms with Crippen LogP contribution < -0.4 is 5.32 Å². The minimum atomic E-state index is 0.480. The van der Waals surface area contributed by atoms with Gasteiger partial charge in [0.05, 0.1) is 6.07 Å². The third-order valence-corrected chi connectivity index (χ3v) is 2.68. The van der Waals surface area contributed by atoms with Crippen molar-refractivity contribution >= 4 is 0 Å². The first-order chi connectivity index (χ1) is 7.72. The molecule has 86 valence electrons. The van der Waals surface area contributed by atoms with Crippen LogP contribution in [0.1, 0.15) is 30.9 Å². The molecular weight excluding hydrogens is 196 g/mol. The second-order valence-electron chi connectivity index (χ2n) is 4.29. The van der Waals surface area contributed by atoms with Crippen molar-refractivity contribution in [3.8, 4) is 6.07 Å². The van der Waals surface area contributed by atoms with Crippen LogP contribution in [0.3, 0.4) is 0 Å². The Morgan fingerprint density at radius 1 is 1.44 bits per heavy atom. The van der Waals surface area contributed by atoms with E-state index in [2.05, 4.69) is 49.5 Å². The Balaban J connectivity index is 2.26. The van der Waals surface area contributed by atoms with E-state index in [9.17, 15) is 0 Å². The van der Waals surface area contributed by atoms with Crippen LogP contribution in [0.2, 0.25) is 0 Å². The van der Waals surface area contributed by atoms with Gasteiger partial charge in [-0.3, -0.25) is 0 Å². The lowest BCUT2D eigenvalue weighted by atomic mass is 10.0. The van der Waals surface area contributed by atoms with E-state index in [-0.39, 0.29) is 0 Å². The highest BCUT2D eigenvalue weighted by molar-refractivity contribution is 5.22. The summed E-state index contributed by atoms with van der Waals surface area (Å²) in [6.07, 6.45) is 2.81. The minimum Gasteiger partial charge on any atom is -0.313 e. The highest BCUT2D eigenvalue weighted by atomic mass is 14.9. The largest absolute Gasteiger partial charge is 0.313 e. The van der Waals surface area contributed by atoms with Crippen LogP contribution >= 0.6 is 0 Å². The fourth-order valence-corrected chi connectivity index (χ4v) is 1.73. The van der Waals surface area contributed by atoms with Crippen LogP contribution in [0.25, 0.3) is 0 Å². The number of aryl methyl sites for hydroxylation is 2. The summed E-state index contributed by atoms with van der Waals surface area (Å²) in [6, 6.07) is 11.3. The Morgan fingerprint density at radius 2 is 2.25 bits per heavy atom. The predicted molar refractivity (Wildman–Crippen MR) is 67.2 cm³/mol. The molecule has 0 heterocycles. The van der Waals surface area contributed by atoms with Gasteiger partial charge in [-0.15, -0.1) is 0 Å². The van der Waals surface area contributed by atoms with Gasteiger partial charge in [0.2, 0.25) is 0 Å². The maximum absolute atomic E-state index is 8.43. The molecule has 0 bridgehead atoms. The molecule has 0 saturated carbocycles. The van der Waals surface area contributed by atoms with Crippen LogP contribution in [0.15, 0.2) is 24.3 Å². The standard InChI is InChI=1S/C14H20N2/c1-12-5-3-6-14(11-12)8-7-13(2)16-10-4-9-15/h3,5-6,11,13,16H,4,7-8,10H2,1-2H3. The molecule has 1 N–H and O–H groups in total. The topological polar surface area (TPSA) is 35.8 Å². The molecule has 0 aliphatic heterocycles. The molecule has 2 nitrogen and oxygen atoms in total. The van der Waals surface area contributed by atoms with E-state index in [0.717, 1.165) is 19.4 Å². The summed E-state index contributed by atoms with van der Waals surface area (Å²) in [5, 5.41) is 11.8. The van der Waals surface area contributed by atoms with Gasteiger partial charge in [-0.1, -0.05) is 29.8 Å². The number of rotatable bonds is 6. The summed E-state index contributed by atoms with van der Waals surface area (Å²) in [7, 11) is 0. The summed E-state index contributed by atoms with van der Waals surface area (Å²) >= 11 is 0. The van der Waals surface area contributed by atoms with Gasteiger partial charge in [0, 0.05) is 19.0 Å². The lowest BCUT2D eigenvalue weighted by Gasteiger charge is -2.12. The normalized spacial score (nSPS) is 12.1. The number of nitrogens with zero attached hydrogens (tertiary/aromatic N) is 1. The van der Waals surface area contributed by atoms with Crippen molar-refractivity contribution in [2.45, 2.75) is 39.2 Å². The zero-order valence-corrected chi connectivity index (χ0v) is 10.2. The van der Waals surface area contributed by atoms with Crippen LogP contribution in [-0.2, 0) is 6.42 Å². The molecule has 0 spiro atoms. The lowest BCUT2D eigenvalue weighted by molar-refractivity contribution is 0.521. The Labute approximate surface area is 98.3 Å². The second kappa shape index (κ2) is 7.03. The van der Waals surface area contributed by atoms with E-state index >= 15 is 0 Å². The molecule has 0 fully saturated rings. The Kier molecular flexibility index (Phi) is 5.60. The molecule has 16 heavy (non-hydrogen) atoms. The number of benzene rings is 1. The number of nitriles is 1. The van der Waals surface area contributed by atoms with Gasteiger partial charge in [0.25, 0.3) is 0 Å². The van der Waals surface area contributed by atoms with Gasteiger partial charge in [0.1, 0.15) is 0 Å². The zero-order valence-electron chi connectivity index (χ0n) is 10.2. The van der Waals surface area contributed by atoms with Gasteiger partial charge >= 0.3 is 0 Å². The predicted octanol–water partition coefficient (Wildman–Crippen LogP) is 2.82. The average molecular weight is 216 g/mol. The fraction of sp³-hybridized carbons (Fsp3) is 0.500. The highest BCUT2D eigenvalue weighted by Crippen LogP contribution is 2.07. The molecule has 0 saturated heterocycles. The van der Waals surface area contributed by atoms with Crippen molar-refractivity contribution in [3.63, 3.8) is 0 Å². The van der Waals surface area contributed by atoms with Crippen LogP contribution in [0.5, 0.6) is 0 Å². The molecule has 1 unspecified atom stereocenters. The molecule has 1 atom stereocenters. The summed E-state index contributed by atoms with van der Waals surface area (Å²) in [5.41, 5.74) is 2.72. The maximum atomic E-state index is 8.43. The summed E-state index contributed by atoms with van der Waals surface area (Å²) in [5.74, 6) is 0. The van der Waals surface area contributed by atoms with E-state index in [4.69, 9.17) is 5.26 Å². The van der Waals surface area contributed by atoms with Crippen molar-refractivity contribution < 1.29 is 0 Å². The van der Waals surface area contributed by atoms with Crippen LogP contribution in [0.4, 0.5) is 0 Å². The van der Waals surface area contributed by atoms with Crippen molar-refractivity contribution in [1.82, 2.24) is 5.32 Å². The Bertz CT molecular complexity index is 352. The summed E-state index contributed by atoms with van der Waals surface area (Å²) < 4.78 is 0. The molecule has 0 amide bonds. The monoisotopic (exact) mass is 216 g/mol. The summed E-state index contributed by atoms with van der Waals surface area (Å²) in [4.78, 5) is 0. The van der Waals surface area contributed by atoms with Crippen molar-refractivity contribution in [2.75, 3.05) is 6.54 Å². The van der Waals surface area contributed by atoms with Crippen molar-refractivity contribution in [2.24, 2.45) is 0 Å². The number of hydrogen-bond donors (Lipinski definition) is 1. The molecule has 0 aliphatic rings. The third kappa shape index (κ3) is 4.95. The molecule has 0 radical (unpaired) electrons. The van der Waals surface area contributed by atoms with Crippen LogP contribution in [-0.4, -0.2) is 12.6 Å². The van der Waals surface area contributed by atoms with Gasteiger partial charge in [-0.2, -0.15) is 5.26 Å². The van der Waals surface area contributed by atoms with Crippen LogP contribution in [0, 0.1) is 18.3 Å². The smallest absolute Gasteiger partial charge is 0.0635 e. The average Bonchev–Trinajstić information content (AvgIpc) is 2.27. The lowest BCUT2D eigenvalue weighted by Crippen LogP contribution is -2.27. The van der Waals surface area contributed by atoms with Gasteiger partial charge in [0.15, 0.2) is 0 Å². The molecule has 1 aromatic carbocycles. The van der Waals surface area contributed by atoms with Crippen molar-refractivity contribution in [1.29, 1.82) is 5.26 Å². The number of hydrogen-bond acceptors (Lipinski definition) is 2. The SMILES string of the molecule is Cc1cccc(CCC(C)NCCC#N)c1. The van der Waals surface area contributed by atoms with E-state index in [1.165, 1.54) is 11.1 Å². The van der Waals surface area contributed by atoms with Gasteiger partial charge in [-0.05, 0) is 32.3 Å². The van der Waals surface area contributed by atoms with E-state index in [0.29, 0.717) is 12.5 Å². The van der Waals surface area contributed by atoms with E-state index in [1.54, 1.807) is 0 Å². The first-order valence-corrected chi connectivity index (χ1v) is 5.88. The Hall–Kier alpha value is -1.33.